The molecule has 116 valence electrons. The van der Waals surface area contributed by atoms with E-state index in [0.717, 1.165) is 28.3 Å². The van der Waals surface area contributed by atoms with E-state index in [1.165, 1.54) is 12.1 Å². The molecule has 0 atom stereocenters. The molecular formula is C21H15FN2. The van der Waals surface area contributed by atoms with Gasteiger partial charge in [0.1, 0.15) is 11.6 Å². The van der Waals surface area contributed by atoms with E-state index in [1.807, 2.05) is 77.5 Å². The molecule has 4 aromatic rings. The second-order valence-corrected chi connectivity index (χ2v) is 5.53. The highest BCUT2D eigenvalue weighted by Crippen LogP contribution is 2.28. The lowest BCUT2D eigenvalue weighted by atomic mass is 10.2. The molecule has 0 aliphatic heterocycles. The molecule has 0 unspecified atom stereocenters. The summed E-state index contributed by atoms with van der Waals surface area (Å²) in [6, 6.07) is 26.6. The fourth-order valence-electron chi connectivity index (χ4n) is 2.74. The third kappa shape index (κ3) is 2.72. The predicted molar refractivity (Wildman–Crippen MR) is 94.4 cm³/mol. The monoisotopic (exact) mass is 314 g/mol. The smallest absolute Gasteiger partial charge is 0.145 e. The number of nitrogens with zero attached hydrogens (tertiary/aromatic N) is 2. The van der Waals surface area contributed by atoms with Crippen molar-refractivity contribution in [3.05, 3.63) is 96.9 Å². The van der Waals surface area contributed by atoms with Gasteiger partial charge in [-0.25, -0.2) is 9.37 Å². The summed E-state index contributed by atoms with van der Waals surface area (Å²) in [5.74, 6) is 0.573. The Labute approximate surface area is 139 Å². The predicted octanol–water partition coefficient (Wildman–Crippen LogP) is 5.35. The van der Waals surface area contributed by atoms with Gasteiger partial charge in [-0.15, -0.1) is 0 Å². The summed E-state index contributed by atoms with van der Waals surface area (Å²) >= 11 is 0. The van der Waals surface area contributed by atoms with Crippen LogP contribution in [0, 0.1) is 5.82 Å². The van der Waals surface area contributed by atoms with Crippen LogP contribution < -0.4 is 0 Å². The summed E-state index contributed by atoms with van der Waals surface area (Å²) in [5, 5.41) is 0. The number of hydrogen-bond acceptors (Lipinski definition) is 1. The van der Waals surface area contributed by atoms with Gasteiger partial charge in [-0.2, -0.15) is 0 Å². The van der Waals surface area contributed by atoms with E-state index >= 15 is 0 Å². The van der Waals surface area contributed by atoms with Crippen molar-refractivity contribution in [1.82, 2.24) is 9.55 Å². The van der Waals surface area contributed by atoms with Crippen LogP contribution in [-0.4, -0.2) is 9.55 Å². The lowest BCUT2D eigenvalue weighted by molar-refractivity contribution is 0.628. The van der Waals surface area contributed by atoms with Crippen molar-refractivity contribution in [3.63, 3.8) is 0 Å². The van der Waals surface area contributed by atoms with Crippen molar-refractivity contribution in [1.29, 1.82) is 0 Å². The van der Waals surface area contributed by atoms with Crippen LogP contribution in [-0.2, 0) is 0 Å². The molecule has 0 saturated heterocycles. The van der Waals surface area contributed by atoms with E-state index in [9.17, 15) is 4.39 Å². The highest BCUT2D eigenvalue weighted by molar-refractivity contribution is 5.67. The molecule has 1 aromatic heterocycles. The van der Waals surface area contributed by atoms with Gasteiger partial charge in [0.15, 0.2) is 0 Å². The lowest BCUT2D eigenvalue weighted by Gasteiger charge is -2.07. The molecule has 3 heteroatoms. The Bertz CT molecular complexity index is 903. The minimum Gasteiger partial charge on any atom is -0.299 e. The molecule has 0 bridgehead atoms. The van der Waals surface area contributed by atoms with Gasteiger partial charge < -0.3 is 0 Å². The fraction of sp³-hybridized carbons (Fsp3) is 0. The number of aromatic nitrogens is 2. The van der Waals surface area contributed by atoms with E-state index in [-0.39, 0.29) is 5.82 Å². The van der Waals surface area contributed by atoms with Crippen molar-refractivity contribution in [2.24, 2.45) is 0 Å². The van der Waals surface area contributed by atoms with E-state index < -0.39 is 0 Å². The first-order chi connectivity index (χ1) is 11.8. The summed E-state index contributed by atoms with van der Waals surface area (Å²) in [7, 11) is 0. The standard InChI is InChI=1S/C21H15FN2/c22-18-11-7-10-17(14-18)20-15-24(19-12-5-2-6-13-19)21(23-20)16-8-3-1-4-9-16/h1-15H. The van der Waals surface area contributed by atoms with Crippen LogP contribution in [0.25, 0.3) is 28.3 Å². The second kappa shape index (κ2) is 6.13. The molecule has 0 aliphatic rings. The third-order valence-electron chi connectivity index (χ3n) is 3.89. The number of rotatable bonds is 3. The Morgan fingerprint density at radius 2 is 1.38 bits per heavy atom. The molecule has 0 N–H and O–H groups in total. The van der Waals surface area contributed by atoms with Gasteiger partial charge in [-0.1, -0.05) is 60.7 Å². The maximum atomic E-state index is 13.6. The summed E-state index contributed by atoms with van der Waals surface area (Å²) in [6.07, 6.45) is 1.95. The van der Waals surface area contributed by atoms with Crippen LogP contribution in [0.2, 0.25) is 0 Å². The van der Waals surface area contributed by atoms with E-state index in [2.05, 4.69) is 0 Å². The molecule has 4 rings (SSSR count). The molecule has 0 amide bonds. The Morgan fingerprint density at radius 1 is 0.708 bits per heavy atom. The SMILES string of the molecule is Fc1cccc(-c2cn(-c3ccccc3)c(-c3ccccc3)n2)c1. The first kappa shape index (κ1) is 14.4. The number of para-hydroxylation sites is 1. The van der Waals surface area contributed by atoms with Gasteiger partial charge in [0.05, 0.1) is 5.69 Å². The quantitative estimate of drug-likeness (QED) is 0.499. The zero-order valence-electron chi connectivity index (χ0n) is 12.9. The van der Waals surface area contributed by atoms with Crippen molar-refractivity contribution in [3.8, 4) is 28.3 Å². The molecule has 0 fully saturated rings. The van der Waals surface area contributed by atoms with Gasteiger partial charge in [0.25, 0.3) is 0 Å². The van der Waals surface area contributed by atoms with Crippen LogP contribution >= 0.6 is 0 Å². The van der Waals surface area contributed by atoms with Crippen molar-refractivity contribution in [2.75, 3.05) is 0 Å². The lowest BCUT2D eigenvalue weighted by Crippen LogP contribution is -1.95. The van der Waals surface area contributed by atoms with Crippen molar-refractivity contribution >= 4 is 0 Å². The molecule has 0 saturated carbocycles. The molecule has 0 radical (unpaired) electrons. The first-order valence-electron chi connectivity index (χ1n) is 7.77. The van der Waals surface area contributed by atoms with E-state index in [4.69, 9.17) is 4.98 Å². The van der Waals surface area contributed by atoms with Crippen molar-refractivity contribution < 1.29 is 4.39 Å². The Kier molecular flexibility index (Phi) is 3.67. The van der Waals surface area contributed by atoms with Crippen LogP contribution in [0.4, 0.5) is 4.39 Å². The minimum atomic E-state index is -0.261. The number of imidazole rings is 1. The molecule has 0 spiro atoms. The highest BCUT2D eigenvalue weighted by atomic mass is 19.1. The highest BCUT2D eigenvalue weighted by Gasteiger charge is 2.13. The van der Waals surface area contributed by atoms with Crippen LogP contribution in [0.15, 0.2) is 91.1 Å². The van der Waals surface area contributed by atoms with Gasteiger partial charge >= 0.3 is 0 Å². The summed E-state index contributed by atoms with van der Waals surface area (Å²) in [5.41, 5.74) is 3.55. The van der Waals surface area contributed by atoms with Crippen LogP contribution in [0.5, 0.6) is 0 Å². The van der Waals surface area contributed by atoms with Crippen LogP contribution in [0.1, 0.15) is 0 Å². The zero-order valence-corrected chi connectivity index (χ0v) is 12.9. The summed E-state index contributed by atoms with van der Waals surface area (Å²) in [6.45, 7) is 0. The number of hydrogen-bond donors (Lipinski definition) is 0. The van der Waals surface area contributed by atoms with Crippen molar-refractivity contribution in [2.45, 2.75) is 0 Å². The molecule has 24 heavy (non-hydrogen) atoms. The Morgan fingerprint density at radius 3 is 2.08 bits per heavy atom. The van der Waals surface area contributed by atoms with Gasteiger partial charge in [0, 0.05) is 23.0 Å². The maximum absolute atomic E-state index is 13.6. The fourth-order valence-corrected chi connectivity index (χ4v) is 2.74. The minimum absolute atomic E-state index is 0.261. The average molecular weight is 314 g/mol. The number of benzene rings is 3. The maximum Gasteiger partial charge on any atom is 0.145 e. The third-order valence-corrected chi connectivity index (χ3v) is 3.89. The average Bonchev–Trinajstić information content (AvgIpc) is 3.09. The zero-order chi connectivity index (χ0) is 16.4. The molecule has 0 aliphatic carbocycles. The molecular weight excluding hydrogens is 299 g/mol. The molecule has 2 nitrogen and oxygen atoms in total. The van der Waals surface area contributed by atoms with Gasteiger partial charge in [0.2, 0.25) is 0 Å². The van der Waals surface area contributed by atoms with Gasteiger partial charge in [-0.3, -0.25) is 4.57 Å². The summed E-state index contributed by atoms with van der Waals surface area (Å²) < 4.78 is 15.6. The Balaban J connectivity index is 1.91. The molecule has 1 heterocycles. The largest absolute Gasteiger partial charge is 0.299 e. The summed E-state index contributed by atoms with van der Waals surface area (Å²) in [4.78, 5) is 4.76. The second-order valence-electron chi connectivity index (χ2n) is 5.53. The first-order valence-corrected chi connectivity index (χ1v) is 7.77. The van der Waals surface area contributed by atoms with E-state index in [0.29, 0.717) is 0 Å². The Hall–Kier alpha value is -3.20. The van der Waals surface area contributed by atoms with E-state index in [1.54, 1.807) is 6.07 Å². The van der Waals surface area contributed by atoms with Gasteiger partial charge in [-0.05, 0) is 24.3 Å². The van der Waals surface area contributed by atoms with Crippen LogP contribution in [0.3, 0.4) is 0 Å². The number of halogens is 1. The topological polar surface area (TPSA) is 17.8 Å². The normalized spacial score (nSPS) is 10.7. The molecule has 3 aromatic carbocycles.